The highest BCUT2D eigenvalue weighted by molar-refractivity contribution is 8.77. The van der Waals surface area contributed by atoms with Crippen molar-refractivity contribution in [3.8, 4) is 0 Å². The highest BCUT2D eigenvalue weighted by atomic mass is 33.1. The molecule has 0 aliphatic carbocycles. The van der Waals surface area contributed by atoms with Crippen molar-refractivity contribution >= 4 is 27.6 Å². The first kappa shape index (κ1) is 20.2. The first-order valence-electron chi connectivity index (χ1n) is 6.77. The van der Waals surface area contributed by atoms with E-state index >= 15 is 0 Å². The number of carbonyl (C=O) groups excluding carboxylic acids is 1. The molecule has 0 amide bonds. The molecule has 0 N–H and O–H groups in total. The number of halogens is 6. The van der Waals surface area contributed by atoms with Crippen LogP contribution in [0.4, 0.5) is 26.3 Å². The summed E-state index contributed by atoms with van der Waals surface area (Å²) in [6.07, 6.45) is -15.4. The molecule has 11 heteroatoms. The molecule has 0 radical (unpaired) electrons. The Hall–Kier alpha value is -1.07. The highest BCUT2D eigenvalue weighted by Gasteiger charge is 2.78. The topological polar surface area (TPSA) is 35.5 Å². The molecule has 0 aromatic heterocycles. The Bertz CT molecular complexity index is 591. The normalized spacial score (nSPS) is 24.0. The van der Waals surface area contributed by atoms with Crippen molar-refractivity contribution in [3.05, 3.63) is 35.9 Å². The van der Waals surface area contributed by atoms with Crippen molar-refractivity contribution in [2.75, 3.05) is 12.9 Å². The number of hydrogen-bond acceptors (Lipinski definition) is 5. The molecule has 0 saturated carbocycles. The summed E-state index contributed by atoms with van der Waals surface area (Å²) in [5.41, 5.74) is 0.0187. The van der Waals surface area contributed by atoms with Crippen LogP contribution in [0.5, 0.6) is 0 Å². The van der Waals surface area contributed by atoms with Gasteiger partial charge in [0.1, 0.15) is 12.2 Å². The van der Waals surface area contributed by atoms with Gasteiger partial charge in [0, 0.05) is 12.9 Å². The predicted molar refractivity (Wildman–Crippen MR) is 81.3 cm³/mol. The number of benzene rings is 1. The molecule has 140 valence electrons. The SMILES string of the molecule is COC1C(OC(=O)c2ccccc2)CSSC1(C(F)(F)F)C(F)(F)F. The van der Waals surface area contributed by atoms with E-state index in [-0.39, 0.29) is 22.1 Å². The van der Waals surface area contributed by atoms with Crippen molar-refractivity contribution in [3.63, 3.8) is 0 Å². The van der Waals surface area contributed by atoms with E-state index in [1.54, 1.807) is 6.07 Å². The Labute approximate surface area is 146 Å². The van der Waals surface area contributed by atoms with Crippen LogP contribution in [0.25, 0.3) is 0 Å². The molecule has 1 fully saturated rings. The third kappa shape index (κ3) is 3.72. The van der Waals surface area contributed by atoms with E-state index in [0.29, 0.717) is 10.8 Å². The maximum atomic E-state index is 13.4. The minimum absolute atomic E-state index is 0.0187. The lowest BCUT2D eigenvalue weighted by molar-refractivity contribution is -0.295. The fourth-order valence-electron chi connectivity index (χ4n) is 2.36. The van der Waals surface area contributed by atoms with Gasteiger partial charge in [0.05, 0.1) is 5.56 Å². The third-order valence-electron chi connectivity index (χ3n) is 3.53. The number of methoxy groups -OCH3 is 1. The molecule has 2 unspecified atom stereocenters. The summed E-state index contributed by atoms with van der Waals surface area (Å²) in [7, 11) is 0.707. The van der Waals surface area contributed by atoms with E-state index in [1.165, 1.54) is 24.3 Å². The van der Waals surface area contributed by atoms with E-state index < -0.39 is 35.3 Å². The van der Waals surface area contributed by atoms with E-state index in [2.05, 4.69) is 4.74 Å². The summed E-state index contributed by atoms with van der Waals surface area (Å²) < 4.78 is 85.6. The van der Waals surface area contributed by atoms with Crippen molar-refractivity contribution < 1.29 is 40.6 Å². The van der Waals surface area contributed by atoms with Gasteiger partial charge in [0.15, 0.2) is 0 Å². The number of rotatable bonds is 3. The van der Waals surface area contributed by atoms with Crippen LogP contribution in [-0.4, -0.2) is 48.1 Å². The molecule has 1 saturated heterocycles. The van der Waals surface area contributed by atoms with Gasteiger partial charge < -0.3 is 9.47 Å². The van der Waals surface area contributed by atoms with Crippen LogP contribution in [0.3, 0.4) is 0 Å². The average molecular weight is 406 g/mol. The van der Waals surface area contributed by atoms with Gasteiger partial charge in [-0.05, 0) is 12.1 Å². The van der Waals surface area contributed by atoms with Gasteiger partial charge in [-0.1, -0.05) is 39.8 Å². The zero-order valence-corrected chi connectivity index (χ0v) is 14.2. The van der Waals surface area contributed by atoms with Crippen LogP contribution >= 0.6 is 21.6 Å². The lowest BCUT2D eigenvalue weighted by Gasteiger charge is -2.46. The molecule has 1 heterocycles. The van der Waals surface area contributed by atoms with Crippen LogP contribution in [0, 0.1) is 0 Å². The zero-order chi connectivity index (χ0) is 18.9. The first-order chi connectivity index (χ1) is 11.5. The van der Waals surface area contributed by atoms with E-state index in [4.69, 9.17) is 4.74 Å². The lowest BCUT2D eigenvalue weighted by Crippen LogP contribution is -2.67. The maximum Gasteiger partial charge on any atom is 0.415 e. The molecule has 2 rings (SSSR count). The quantitative estimate of drug-likeness (QED) is 0.420. The van der Waals surface area contributed by atoms with Crippen molar-refractivity contribution in [1.82, 2.24) is 0 Å². The molecule has 2 atom stereocenters. The fraction of sp³-hybridized carbons (Fsp3) is 0.500. The van der Waals surface area contributed by atoms with Crippen molar-refractivity contribution in [1.29, 1.82) is 0 Å². The minimum atomic E-state index is -5.65. The predicted octanol–water partition coefficient (Wildman–Crippen LogP) is 4.49. The number of hydrogen-bond donors (Lipinski definition) is 0. The highest BCUT2D eigenvalue weighted by Crippen LogP contribution is 2.61. The van der Waals surface area contributed by atoms with E-state index in [0.717, 1.165) is 7.11 Å². The maximum absolute atomic E-state index is 13.4. The number of alkyl halides is 6. The van der Waals surface area contributed by atoms with Gasteiger partial charge in [-0.2, -0.15) is 26.3 Å². The van der Waals surface area contributed by atoms with Gasteiger partial charge in [0.25, 0.3) is 0 Å². The molecule has 25 heavy (non-hydrogen) atoms. The fourth-order valence-corrected chi connectivity index (χ4v) is 5.54. The van der Waals surface area contributed by atoms with Crippen LogP contribution in [-0.2, 0) is 9.47 Å². The second-order valence-electron chi connectivity index (χ2n) is 5.07. The molecule has 1 aliphatic heterocycles. The third-order valence-corrected chi connectivity index (χ3v) is 6.62. The molecule has 1 aromatic carbocycles. The van der Waals surface area contributed by atoms with Gasteiger partial charge in [0.2, 0.25) is 4.75 Å². The molecule has 1 aliphatic rings. The van der Waals surface area contributed by atoms with Crippen molar-refractivity contribution in [2.24, 2.45) is 0 Å². The summed E-state index contributed by atoms with van der Waals surface area (Å²) in [5.74, 6) is -1.28. The Balaban J connectivity index is 2.35. The van der Waals surface area contributed by atoms with Crippen LogP contribution < -0.4 is 0 Å². The summed E-state index contributed by atoms with van der Waals surface area (Å²) in [6.45, 7) is 0. The van der Waals surface area contributed by atoms with Crippen molar-refractivity contribution in [2.45, 2.75) is 29.3 Å². The molecule has 3 nitrogen and oxygen atoms in total. The monoisotopic (exact) mass is 406 g/mol. The molecule has 0 bridgehead atoms. The first-order valence-corrected chi connectivity index (χ1v) is 9.09. The van der Waals surface area contributed by atoms with Crippen LogP contribution in [0.1, 0.15) is 10.4 Å². The molecular formula is C14H12F6O3S2. The summed E-state index contributed by atoms with van der Waals surface area (Å²) in [5, 5.41) is 0. The number of esters is 1. The van der Waals surface area contributed by atoms with Crippen LogP contribution in [0.2, 0.25) is 0 Å². The standard InChI is InChI=1S/C14H12F6O3S2/c1-22-10-9(23-11(21)8-5-3-2-4-6-8)7-24-25-12(10,13(15,16)17)14(18,19)20/h2-6,9-10H,7H2,1H3. The Morgan fingerprint density at radius 2 is 1.68 bits per heavy atom. The Morgan fingerprint density at radius 1 is 1.12 bits per heavy atom. The Kier molecular flexibility index (Phi) is 5.89. The average Bonchev–Trinajstić information content (AvgIpc) is 2.53. The van der Waals surface area contributed by atoms with Gasteiger partial charge >= 0.3 is 18.3 Å². The largest absolute Gasteiger partial charge is 0.455 e. The Morgan fingerprint density at radius 3 is 2.16 bits per heavy atom. The van der Waals surface area contributed by atoms with Gasteiger partial charge in [-0.25, -0.2) is 4.79 Å². The second kappa shape index (κ2) is 7.28. The molecule has 1 aromatic rings. The summed E-state index contributed by atoms with van der Waals surface area (Å²) in [6, 6.07) is 7.27. The van der Waals surface area contributed by atoms with Gasteiger partial charge in [-0.15, -0.1) is 0 Å². The smallest absolute Gasteiger partial charge is 0.415 e. The van der Waals surface area contributed by atoms with Crippen LogP contribution in [0.15, 0.2) is 30.3 Å². The molecule has 0 spiro atoms. The molecular weight excluding hydrogens is 394 g/mol. The summed E-state index contributed by atoms with van der Waals surface area (Å²) >= 11 is 0. The number of carbonyl (C=O) groups is 1. The number of ether oxygens (including phenoxy) is 2. The van der Waals surface area contributed by atoms with Gasteiger partial charge in [-0.3, -0.25) is 0 Å². The van der Waals surface area contributed by atoms with E-state index in [1.807, 2.05) is 0 Å². The summed E-state index contributed by atoms with van der Waals surface area (Å²) in [4.78, 5) is 12.0. The lowest BCUT2D eigenvalue weighted by atomic mass is 9.95. The minimum Gasteiger partial charge on any atom is -0.455 e. The zero-order valence-electron chi connectivity index (χ0n) is 12.6. The second-order valence-corrected chi connectivity index (χ2v) is 7.65. The van der Waals surface area contributed by atoms with E-state index in [9.17, 15) is 31.1 Å².